The Morgan fingerprint density at radius 1 is 1.36 bits per heavy atom. The molecule has 0 aromatic rings. The summed E-state index contributed by atoms with van der Waals surface area (Å²) < 4.78 is 23.5. The van der Waals surface area contributed by atoms with E-state index in [1.54, 1.807) is 20.9 Å². The number of hydrogen-bond acceptors (Lipinski definition) is 3. The molecule has 1 N–H and O–H groups in total. The third kappa shape index (κ3) is 4.86. The molecule has 1 rings (SSSR count). The van der Waals surface area contributed by atoms with Crippen molar-refractivity contribution in [1.29, 1.82) is 0 Å². The molecule has 0 spiro atoms. The van der Waals surface area contributed by atoms with Gasteiger partial charge in [0.2, 0.25) is 0 Å². The Labute approximate surface area is 136 Å². The monoisotopic (exact) mass is 331 g/mol. The molecule has 1 aliphatic rings. The molecule has 0 bridgehead atoms. The minimum atomic E-state index is -3.02. The minimum Gasteiger partial charge on any atom is -0.356 e. The number of guanidine groups is 1. The summed E-state index contributed by atoms with van der Waals surface area (Å²) in [4.78, 5) is 6.41. The van der Waals surface area contributed by atoms with Gasteiger partial charge < -0.3 is 10.2 Å². The fourth-order valence-corrected chi connectivity index (χ4v) is 4.52. The molecule has 130 valence electrons. The summed E-state index contributed by atoms with van der Waals surface area (Å²) in [6.45, 7) is 14.4. The van der Waals surface area contributed by atoms with E-state index in [2.05, 4.69) is 42.9 Å². The Hall–Kier alpha value is -0.780. The van der Waals surface area contributed by atoms with Gasteiger partial charge in [-0.2, -0.15) is 0 Å². The summed E-state index contributed by atoms with van der Waals surface area (Å²) in [6, 6.07) is 0. The molecule has 5 nitrogen and oxygen atoms in total. The van der Waals surface area contributed by atoms with E-state index in [-0.39, 0.29) is 11.2 Å². The molecule has 0 aromatic heterocycles. The lowest BCUT2D eigenvalue weighted by molar-refractivity contribution is 0.278. The quantitative estimate of drug-likeness (QED) is 0.633. The minimum absolute atomic E-state index is 0.182. The second-order valence-electron chi connectivity index (χ2n) is 8.16. The van der Waals surface area contributed by atoms with Gasteiger partial charge in [-0.25, -0.2) is 8.42 Å². The molecule has 1 fully saturated rings. The van der Waals surface area contributed by atoms with E-state index in [0.29, 0.717) is 19.0 Å². The van der Waals surface area contributed by atoms with Gasteiger partial charge in [0.1, 0.15) is 0 Å². The molecular formula is C16H33N3O2S. The number of rotatable bonds is 4. The number of nitrogens with zero attached hydrogens (tertiary/aromatic N) is 2. The fraction of sp³-hybridized carbons (Fsp3) is 0.938. The number of sulfone groups is 1. The van der Waals surface area contributed by atoms with Crippen LogP contribution in [-0.4, -0.2) is 56.5 Å². The van der Waals surface area contributed by atoms with Crippen LogP contribution in [0.5, 0.6) is 0 Å². The number of aliphatic imine (C=N–C) groups is 1. The van der Waals surface area contributed by atoms with E-state index in [1.807, 2.05) is 0 Å². The molecule has 0 saturated carbocycles. The van der Waals surface area contributed by atoms with Crippen molar-refractivity contribution in [3.8, 4) is 0 Å². The van der Waals surface area contributed by atoms with Crippen LogP contribution in [-0.2, 0) is 9.84 Å². The second kappa shape index (κ2) is 6.77. The molecular weight excluding hydrogens is 298 g/mol. The first-order valence-electron chi connectivity index (χ1n) is 8.08. The highest BCUT2D eigenvalue weighted by atomic mass is 32.2. The average Bonchev–Trinajstić information content (AvgIpc) is 2.32. The smallest absolute Gasteiger partial charge is 0.193 e. The second-order valence-corrected chi connectivity index (χ2v) is 10.9. The van der Waals surface area contributed by atoms with Crippen molar-refractivity contribution in [1.82, 2.24) is 10.2 Å². The first-order chi connectivity index (χ1) is 9.90. The van der Waals surface area contributed by atoms with Crippen LogP contribution in [0.2, 0.25) is 0 Å². The van der Waals surface area contributed by atoms with Crippen molar-refractivity contribution in [2.75, 3.05) is 32.4 Å². The Bertz CT molecular complexity index is 507. The molecule has 0 aromatic carbocycles. The standard InChI is InChI=1S/C16H33N3O2S/c1-13(2)10-15(3,4)11-18-14(17-7)19-8-9-22(20,21)16(5,6)12-19/h13H,8-12H2,1-7H3,(H,17,18). The average molecular weight is 332 g/mol. The van der Waals surface area contributed by atoms with E-state index >= 15 is 0 Å². The molecule has 6 heteroatoms. The zero-order valence-electron chi connectivity index (χ0n) is 15.2. The van der Waals surface area contributed by atoms with Crippen LogP contribution in [0.4, 0.5) is 0 Å². The molecule has 1 heterocycles. The highest BCUT2D eigenvalue weighted by Gasteiger charge is 2.41. The maximum absolute atomic E-state index is 12.1. The summed E-state index contributed by atoms with van der Waals surface area (Å²) >= 11 is 0. The van der Waals surface area contributed by atoms with Crippen molar-refractivity contribution in [3.63, 3.8) is 0 Å². The Morgan fingerprint density at radius 3 is 2.41 bits per heavy atom. The third-order valence-corrected chi connectivity index (χ3v) is 6.77. The van der Waals surface area contributed by atoms with Crippen LogP contribution in [0.1, 0.15) is 48.0 Å². The highest BCUT2D eigenvalue weighted by molar-refractivity contribution is 7.92. The van der Waals surface area contributed by atoms with Gasteiger partial charge in [0.15, 0.2) is 15.8 Å². The lowest BCUT2D eigenvalue weighted by atomic mass is 9.84. The topological polar surface area (TPSA) is 61.8 Å². The van der Waals surface area contributed by atoms with Gasteiger partial charge in [0.25, 0.3) is 0 Å². The van der Waals surface area contributed by atoms with Gasteiger partial charge in [0.05, 0.1) is 10.5 Å². The predicted octanol–water partition coefficient (Wildman–Crippen LogP) is 2.14. The van der Waals surface area contributed by atoms with Crippen molar-refractivity contribution >= 4 is 15.8 Å². The maximum Gasteiger partial charge on any atom is 0.193 e. The van der Waals surface area contributed by atoms with E-state index in [1.165, 1.54) is 0 Å². The van der Waals surface area contributed by atoms with E-state index in [9.17, 15) is 8.42 Å². The highest BCUT2D eigenvalue weighted by Crippen LogP contribution is 2.26. The lowest BCUT2D eigenvalue weighted by Gasteiger charge is -2.40. The largest absolute Gasteiger partial charge is 0.356 e. The Balaban J connectivity index is 2.71. The number of hydrogen-bond donors (Lipinski definition) is 1. The summed E-state index contributed by atoms with van der Waals surface area (Å²) in [5, 5.41) is 3.43. The molecule has 0 atom stereocenters. The molecule has 0 unspecified atom stereocenters. The van der Waals surface area contributed by atoms with Crippen molar-refractivity contribution in [2.45, 2.75) is 52.7 Å². The maximum atomic E-state index is 12.1. The Kier molecular flexibility index (Phi) is 5.93. The third-order valence-electron chi connectivity index (χ3n) is 4.24. The SMILES string of the molecule is CN=C(NCC(C)(C)CC(C)C)N1CCS(=O)(=O)C(C)(C)C1. The van der Waals surface area contributed by atoms with E-state index in [0.717, 1.165) is 18.9 Å². The van der Waals surface area contributed by atoms with E-state index < -0.39 is 14.6 Å². The van der Waals surface area contributed by atoms with E-state index in [4.69, 9.17) is 0 Å². The zero-order chi connectivity index (χ0) is 17.2. The van der Waals surface area contributed by atoms with Crippen LogP contribution < -0.4 is 5.32 Å². The molecule has 1 aliphatic heterocycles. The van der Waals surface area contributed by atoms with Crippen LogP contribution in [0.15, 0.2) is 4.99 Å². The summed E-state index contributed by atoms with van der Waals surface area (Å²) in [6.07, 6.45) is 1.14. The molecule has 1 saturated heterocycles. The first-order valence-corrected chi connectivity index (χ1v) is 9.73. The van der Waals surface area contributed by atoms with Crippen LogP contribution in [0.25, 0.3) is 0 Å². The summed E-state index contributed by atoms with van der Waals surface area (Å²) in [5.41, 5.74) is 0.182. The van der Waals surface area contributed by atoms with Gasteiger partial charge in [-0.1, -0.05) is 27.7 Å². The van der Waals surface area contributed by atoms with Crippen LogP contribution in [0.3, 0.4) is 0 Å². The zero-order valence-corrected chi connectivity index (χ0v) is 16.0. The van der Waals surface area contributed by atoms with Crippen LogP contribution in [0, 0.1) is 11.3 Å². The summed E-state index contributed by atoms with van der Waals surface area (Å²) in [5.74, 6) is 1.65. The molecule has 0 radical (unpaired) electrons. The van der Waals surface area contributed by atoms with Crippen LogP contribution >= 0.6 is 0 Å². The van der Waals surface area contributed by atoms with Gasteiger partial charge >= 0.3 is 0 Å². The normalized spacial score (nSPS) is 22.0. The van der Waals surface area contributed by atoms with Gasteiger partial charge in [-0.3, -0.25) is 4.99 Å². The predicted molar refractivity (Wildman–Crippen MR) is 94.0 cm³/mol. The van der Waals surface area contributed by atoms with Crippen molar-refractivity contribution < 1.29 is 8.42 Å². The van der Waals surface area contributed by atoms with Gasteiger partial charge in [-0.05, 0) is 31.6 Å². The first kappa shape index (κ1) is 19.3. The Morgan fingerprint density at radius 2 is 1.95 bits per heavy atom. The van der Waals surface area contributed by atoms with Crippen molar-refractivity contribution in [3.05, 3.63) is 0 Å². The fourth-order valence-electron chi connectivity index (χ4n) is 3.15. The summed E-state index contributed by atoms with van der Waals surface area (Å²) in [7, 11) is -1.26. The molecule has 0 amide bonds. The lowest BCUT2D eigenvalue weighted by Crippen LogP contribution is -2.57. The molecule has 0 aliphatic carbocycles. The van der Waals surface area contributed by atoms with Gasteiger partial charge in [0, 0.05) is 26.7 Å². The van der Waals surface area contributed by atoms with Crippen molar-refractivity contribution in [2.24, 2.45) is 16.3 Å². The molecule has 22 heavy (non-hydrogen) atoms. The van der Waals surface area contributed by atoms with Gasteiger partial charge in [-0.15, -0.1) is 0 Å². The number of nitrogens with one attached hydrogen (secondary N) is 1.